The summed E-state index contributed by atoms with van der Waals surface area (Å²) in [5.74, 6) is 0.0972. The average Bonchev–Trinajstić information content (AvgIpc) is 3.27. The van der Waals surface area contributed by atoms with Gasteiger partial charge in [0.25, 0.3) is 0 Å². The van der Waals surface area contributed by atoms with Crippen LogP contribution >= 0.6 is 0 Å². The highest BCUT2D eigenvalue weighted by atomic mass is 16.2. The van der Waals surface area contributed by atoms with E-state index >= 15 is 0 Å². The summed E-state index contributed by atoms with van der Waals surface area (Å²) in [6, 6.07) is 16.1. The fourth-order valence-corrected chi connectivity index (χ4v) is 4.51. The third kappa shape index (κ3) is 3.49. The summed E-state index contributed by atoms with van der Waals surface area (Å²) in [7, 11) is 0. The Morgan fingerprint density at radius 1 is 1.07 bits per heavy atom. The molecule has 2 aliphatic heterocycles. The predicted molar refractivity (Wildman–Crippen MR) is 109 cm³/mol. The summed E-state index contributed by atoms with van der Waals surface area (Å²) in [5, 5.41) is 6.19. The van der Waals surface area contributed by atoms with Crippen molar-refractivity contribution in [3.8, 4) is 0 Å². The molecule has 2 saturated heterocycles. The fourth-order valence-electron chi connectivity index (χ4n) is 4.51. The number of rotatable bonds is 3. The van der Waals surface area contributed by atoms with E-state index in [4.69, 9.17) is 0 Å². The van der Waals surface area contributed by atoms with Gasteiger partial charge in [0.05, 0.1) is 6.04 Å². The molecule has 2 fully saturated rings. The van der Waals surface area contributed by atoms with Gasteiger partial charge >= 0.3 is 6.03 Å². The van der Waals surface area contributed by atoms with Crippen LogP contribution in [0.2, 0.25) is 0 Å². The molecule has 1 spiro atoms. The highest BCUT2D eigenvalue weighted by Gasteiger charge is 2.45. The van der Waals surface area contributed by atoms with Crippen LogP contribution in [-0.2, 0) is 4.79 Å². The predicted octanol–water partition coefficient (Wildman–Crippen LogP) is 3.31. The topological polar surface area (TPSA) is 61.4 Å². The highest BCUT2D eigenvalue weighted by molar-refractivity contribution is 5.80. The molecule has 1 unspecified atom stereocenters. The lowest BCUT2D eigenvalue weighted by atomic mass is 9.86. The van der Waals surface area contributed by atoms with E-state index in [9.17, 15) is 9.59 Å². The van der Waals surface area contributed by atoms with Gasteiger partial charge in [-0.15, -0.1) is 0 Å². The largest absolute Gasteiger partial charge is 0.355 e. The minimum Gasteiger partial charge on any atom is -0.355 e. The first-order valence-electron chi connectivity index (χ1n) is 9.91. The Bertz CT molecular complexity index is 865. The van der Waals surface area contributed by atoms with Crippen LogP contribution in [0.4, 0.5) is 4.79 Å². The molecule has 0 aromatic heterocycles. The van der Waals surface area contributed by atoms with E-state index in [0.29, 0.717) is 26.1 Å². The zero-order valence-corrected chi connectivity index (χ0v) is 16.5. The van der Waals surface area contributed by atoms with Gasteiger partial charge in [0.2, 0.25) is 5.91 Å². The Balaban J connectivity index is 1.58. The van der Waals surface area contributed by atoms with Gasteiger partial charge in [-0.05, 0) is 42.5 Å². The molecule has 4 rings (SSSR count). The number of urea groups is 1. The van der Waals surface area contributed by atoms with E-state index in [1.54, 1.807) is 0 Å². The van der Waals surface area contributed by atoms with Crippen molar-refractivity contribution >= 4 is 11.9 Å². The smallest absolute Gasteiger partial charge is 0.318 e. The van der Waals surface area contributed by atoms with Gasteiger partial charge in [-0.25, -0.2) is 4.79 Å². The monoisotopic (exact) mass is 377 g/mol. The summed E-state index contributed by atoms with van der Waals surface area (Å²) in [4.78, 5) is 26.7. The Hall–Kier alpha value is -2.82. The van der Waals surface area contributed by atoms with Crippen LogP contribution in [0.1, 0.15) is 41.1 Å². The number of hydrogen-bond acceptors (Lipinski definition) is 2. The Morgan fingerprint density at radius 3 is 2.21 bits per heavy atom. The lowest BCUT2D eigenvalue weighted by Gasteiger charge is -2.27. The lowest BCUT2D eigenvalue weighted by Crippen LogP contribution is -2.42. The van der Waals surface area contributed by atoms with Crippen molar-refractivity contribution < 1.29 is 9.59 Å². The molecule has 2 aromatic rings. The molecule has 1 atom stereocenters. The molecule has 2 heterocycles. The molecule has 2 aromatic carbocycles. The second-order valence-corrected chi connectivity index (χ2v) is 8.22. The average molecular weight is 377 g/mol. The molecule has 28 heavy (non-hydrogen) atoms. The fraction of sp³-hybridized carbons (Fsp3) is 0.391. The quantitative estimate of drug-likeness (QED) is 0.862. The molecule has 0 saturated carbocycles. The van der Waals surface area contributed by atoms with Crippen LogP contribution < -0.4 is 10.6 Å². The maximum atomic E-state index is 13.2. The first-order valence-corrected chi connectivity index (χ1v) is 9.91. The molecule has 0 bridgehead atoms. The Labute approximate surface area is 166 Å². The van der Waals surface area contributed by atoms with E-state index in [2.05, 4.69) is 48.7 Å². The molecule has 2 aliphatic rings. The van der Waals surface area contributed by atoms with Crippen molar-refractivity contribution in [1.29, 1.82) is 0 Å². The number of benzene rings is 2. The van der Waals surface area contributed by atoms with Crippen LogP contribution in [0, 0.1) is 19.3 Å². The molecule has 2 N–H and O–H groups in total. The van der Waals surface area contributed by atoms with Crippen molar-refractivity contribution in [3.05, 3.63) is 70.8 Å². The Kier molecular flexibility index (Phi) is 4.84. The van der Waals surface area contributed by atoms with Crippen LogP contribution in [0.25, 0.3) is 0 Å². The number of carbonyl (C=O) groups excluding carboxylic acids is 2. The van der Waals surface area contributed by atoms with Gasteiger partial charge in [0, 0.05) is 31.5 Å². The first-order chi connectivity index (χ1) is 13.5. The van der Waals surface area contributed by atoms with Crippen LogP contribution in [0.15, 0.2) is 48.5 Å². The lowest BCUT2D eigenvalue weighted by molar-refractivity contribution is -0.119. The van der Waals surface area contributed by atoms with E-state index < -0.39 is 0 Å². The van der Waals surface area contributed by atoms with Crippen molar-refractivity contribution in [2.45, 2.75) is 32.7 Å². The summed E-state index contributed by atoms with van der Waals surface area (Å²) < 4.78 is 0. The van der Waals surface area contributed by atoms with Crippen molar-refractivity contribution in [2.24, 2.45) is 5.41 Å². The molecule has 5 nitrogen and oxygen atoms in total. The van der Waals surface area contributed by atoms with Crippen LogP contribution in [0.3, 0.4) is 0 Å². The summed E-state index contributed by atoms with van der Waals surface area (Å²) in [6.07, 6.45) is 1.40. The normalized spacial score (nSPS) is 21.4. The zero-order valence-electron chi connectivity index (χ0n) is 16.5. The maximum Gasteiger partial charge on any atom is 0.318 e. The van der Waals surface area contributed by atoms with Gasteiger partial charge in [-0.3, -0.25) is 4.79 Å². The Morgan fingerprint density at radius 2 is 1.68 bits per heavy atom. The third-order valence-corrected chi connectivity index (χ3v) is 6.19. The summed E-state index contributed by atoms with van der Waals surface area (Å²) in [5.41, 5.74) is 4.43. The molecule has 5 heteroatoms. The number of likely N-dealkylation sites (tertiary alicyclic amines) is 1. The molecule has 0 aliphatic carbocycles. The van der Waals surface area contributed by atoms with Crippen molar-refractivity contribution in [3.63, 3.8) is 0 Å². The molecule has 0 radical (unpaired) electrons. The van der Waals surface area contributed by atoms with E-state index in [-0.39, 0.29) is 23.4 Å². The highest BCUT2D eigenvalue weighted by Crippen LogP contribution is 2.37. The standard InChI is InChI=1S/C23H27N3O2/c1-16-7-3-5-9-18(16)21(19-10-6-4-8-17(19)2)25-22(28)26-12-11-23(15-26)13-20(27)24-14-23/h3-10,21H,11-15H2,1-2H3,(H,24,27)(H,25,28). The van der Waals surface area contributed by atoms with Gasteiger partial charge in [0.1, 0.15) is 0 Å². The van der Waals surface area contributed by atoms with Crippen LogP contribution in [-0.4, -0.2) is 36.5 Å². The number of nitrogens with zero attached hydrogens (tertiary/aromatic N) is 1. The minimum atomic E-state index is -0.199. The van der Waals surface area contributed by atoms with Gasteiger partial charge in [-0.2, -0.15) is 0 Å². The van der Waals surface area contributed by atoms with Crippen molar-refractivity contribution in [2.75, 3.05) is 19.6 Å². The van der Waals surface area contributed by atoms with Gasteiger partial charge < -0.3 is 15.5 Å². The van der Waals surface area contributed by atoms with Crippen molar-refractivity contribution in [1.82, 2.24) is 15.5 Å². The van der Waals surface area contributed by atoms with E-state index in [0.717, 1.165) is 28.7 Å². The summed E-state index contributed by atoms with van der Waals surface area (Å²) in [6.45, 7) is 6.15. The minimum absolute atomic E-state index is 0.0623. The van der Waals surface area contributed by atoms with Crippen LogP contribution in [0.5, 0.6) is 0 Å². The van der Waals surface area contributed by atoms with Gasteiger partial charge in [-0.1, -0.05) is 48.5 Å². The maximum absolute atomic E-state index is 13.2. The second kappa shape index (κ2) is 7.30. The number of carbonyl (C=O) groups is 2. The number of nitrogens with one attached hydrogen (secondary N) is 2. The first kappa shape index (κ1) is 18.5. The van der Waals surface area contributed by atoms with E-state index in [1.807, 2.05) is 29.2 Å². The zero-order chi connectivity index (χ0) is 19.7. The molecular weight excluding hydrogens is 350 g/mol. The number of amides is 3. The molecule has 146 valence electrons. The van der Waals surface area contributed by atoms with Gasteiger partial charge in [0.15, 0.2) is 0 Å². The number of aryl methyl sites for hydroxylation is 2. The third-order valence-electron chi connectivity index (χ3n) is 6.19. The molecule has 3 amide bonds. The number of hydrogen-bond donors (Lipinski definition) is 2. The summed E-state index contributed by atoms with van der Waals surface area (Å²) >= 11 is 0. The molecular formula is C23H27N3O2. The SMILES string of the molecule is Cc1ccccc1C(NC(=O)N1CCC2(CNC(=O)C2)C1)c1ccccc1C. The second-order valence-electron chi connectivity index (χ2n) is 8.22. The van der Waals surface area contributed by atoms with E-state index in [1.165, 1.54) is 0 Å².